The smallest absolute Gasteiger partial charge is 0.232 e. The summed E-state index contributed by atoms with van der Waals surface area (Å²) in [6.07, 6.45) is 1.43. The molecule has 0 saturated carbocycles. The van der Waals surface area contributed by atoms with Crippen LogP contribution in [-0.2, 0) is 22.4 Å². The van der Waals surface area contributed by atoms with Crippen LogP contribution in [0.1, 0.15) is 17.7 Å². The van der Waals surface area contributed by atoms with Gasteiger partial charge in [0.2, 0.25) is 11.8 Å². The van der Waals surface area contributed by atoms with E-state index in [0.717, 1.165) is 45.2 Å². The Labute approximate surface area is 187 Å². The standard InChI is InChI=1S/C23H18N4O2S2/c28-20-9-7-15-10-16(6-8-18(15)25-20)19-13-31-23(26-19)27-21(29)11-17-12-30-22(24-17)14-4-2-1-3-5-14/h1-6,8,10,12-13H,7,9,11H2,(H,25,28)(H,26,27,29). The number of amides is 2. The van der Waals surface area contributed by atoms with E-state index in [1.807, 2.05) is 53.2 Å². The molecule has 3 heterocycles. The fraction of sp³-hybridized carbons (Fsp3) is 0.130. The van der Waals surface area contributed by atoms with Crippen LogP contribution in [-0.4, -0.2) is 21.8 Å². The molecule has 0 radical (unpaired) electrons. The van der Waals surface area contributed by atoms with Crippen molar-refractivity contribution in [1.82, 2.24) is 9.97 Å². The maximum atomic E-state index is 12.5. The minimum absolute atomic E-state index is 0.0508. The third-order valence-electron chi connectivity index (χ3n) is 4.96. The number of nitrogens with zero attached hydrogens (tertiary/aromatic N) is 2. The number of fused-ring (bicyclic) bond motifs is 1. The molecule has 0 aliphatic carbocycles. The average Bonchev–Trinajstić information content (AvgIpc) is 3.44. The molecule has 8 heteroatoms. The molecule has 5 rings (SSSR count). The second-order valence-electron chi connectivity index (χ2n) is 7.19. The molecule has 0 fully saturated rings. The van der Waals surface area contributed by atoms with Crippen LogP contribution in [0.4, 0.5) is 10.8 Å². The normalized spacial score (nSPS) is 12.8. The van der Waals surface area contributed by atoms with Crippen molar-refractivity contribution in [2.24, 2.45) is 0 Å². The van der Waals surface area contributed by atoms with E-state index in [9.17, 15) is 9.59 Å². The van der Waals surface area contributed by atoms with Crippen LogP contribution in [0, 0.1) is 0 Å². The van der Waals surface area contributed by atoms with E-state index in [4.69, 9.17) is 0 Å². The molecule has 154 valence electrons. The van der Waals surface area contributed by atoms with Crippen LogP contribution in [0.5, 0.6) is 0 Å². The molecule has 0 atom stereocenters. The van der Waals surface area contributed by atoms with Gasteiger partial charge in [0, 0.05) is 34.0 Å². The zero-order valence-corrected chi connectivity index (χ0v) is 18.1. The molecule has 2 N–H and O–H groups in total. The van der Waals surface area contributed by atoms with E-state index in [1.165, 1.54) is 22.7 Å². The molecular formula is C23H18N4O2S2. The number of hydrogen-bond acceptors (Lipinski definition) is 6. The number of rotatable bonds is 5. The summed E-state index contributed by atoms with van der Waals surface area (Å²) in [6.45, 7) is 0. The van der Waals surface area contributed by atoms with Gasteiger partial charge in [0.25, 0.3) is 0 Å². The highest BCUT2D eigenvalue weighted by atomic mass is 32.1. The Morgan fingerprint density at radius 2 is 1.87 bits per heavy atom. The third-order valence-corrected chi connectivity index (χ3v) is 6.66. The van der Waals surface area contributed by atoms with Crippen molar-refractivity contribution in [3.63, 3.8) is 0 Å². The van der Waals surface area contributed by atoms with Gasteiger partial charge in [-0.15, -0.1) is 22.7 Å². The molecule has 1 aliphatic heterocycles. The number of hydrogen-bond donors (Lipinski definition) is 2. The van der Waals surface area contributed by atoms with Gasteiger partial charge >= 0.3 is 0 Å². The molecule has 0 bridgehead atoms. The number of thiazole rings is 2. The Hall–Kier alpha value is -3.36. The minimum Gasteiger partial charge on any atom is -0.326 e. The summed E-state index contributed by atoms with van der Waals surface area (Å²) < 4.78 is 0. The maximum absolute atomic E-state index is 12.5. The zero-order valence-electron chi connectivity index (χ0n) is 16.4. The highest BCUT2D eigenvalue weighted by Crippen LogP contribution is 2.31. The first-order chi connectivity index (χ1) is 15.1. The Bertz CT molecular complexity index is 1260. The Morgan fingerprint density at radius 3 is 2.74 bits per heavy atom. The summed E-state index contributed by atoms with van der Waals surface area (Å²) in [5.41, 5.74) is 5.54. The van der Waals surface area contributed by atoms with E-state index in [2.05, 4.69) is 26.7 Å². The lowest BCUT2D eigenvalue weighted by Gasteiger charge is -2.17. The van der Waals surface area contributed by atoms with Crippen LogP contribution in [0.15, 0.2) is 59.3 Å². The van der Waals surface area contributed by atoms with Gasteiger partial charge in [0.1, 0.15) is 5.01 Å². The Kier molecular flexibility index (Phi) is 5.31. The number of aryl methyl sites for hydroxylation is 1. The molecule has 0 saturated heterocycles. The van der Waals surface area contributed by atoms with E-state index in [1.54, 1.807) is 0 Å². The van der Waals surface area contributed by atoms with Crippen molar-refractivity contribution in [1.29, 1.82) is 0 Å². The van der Waals surface area contributed by atoms with E-state index in [0.29, 0.717) is 11.6 Å². The lowest BCUT2D eigenvalue weighted by atomic mass is 9.99. The largest absolute Gasteiger partial charge is 0.326 e. The quantitative estimate of drug-likeness (QED) is 0.452. The molecule has 31 heavy (non-hydrogen) atoms. The monoisotopic (exact) mass is 446 g/mol. The van der Waals surface area contributed by atoms with Crippen molar-refractivity contribution in [3.05, 3.63) is 70.5 Å². The molecule has 2 aromatic heterocycles. The maximum Gasteiger partial charge on any atom is 0.232 e. The number of aromatic nitrogens is 2. The first kappa shape index (κ1) is 19.6. The van der Waals surface area contributed by atoms with Gasteiger partial charge < -0.3 is 10.6 Å². The van der Waals surface area contributed by atoms with Crippen molar-refractivity contribution in [3.8, 4) is 21.8 Å². The molecule has 0 unspecified atom stereocenters. The summed E-state index contributed by atoms with van der Waals surface area (Å²) in [5.74, 6) is -0.0890. The Morgan fingerprint density at radius 1 is 1.00 bits per heavy atom. The SMILES string of the molecule is O=C(Cc1csc(-c2ccccc2)n1)Nc1nc(-c2ccc3c(c2)CCC(=O)N3)cs1. The summed E-state index contributed by atoms with van der Waals surface area (Å²) in [7, 11) is 0. The number of benzene rings is 2. The first-order valence-electron chi connectivity index (χ1n) is 9.82. The summed E-state index contributed by atoms with van der Waals surface area (Å²) in [5, 5.41) is 11.1. The van der Waals surface area contributed by atoms with E-state index >= 15 is 0 Å². The average molecular weight is 447 g/mol. The highest BCUT2D eigenvalue weighted by molar-refractivity contribution is 7.14. The fourth-order valence-electron chi connectivity index (χ4n) is 3.44. The van der Waals surface area contributed by atoms with Crippen LogP contribution in [0.25, 0.3) is 21.8 Å². The topological polar surface area (TPSA) is 84.0 Å². The predicted molar refractivity (Wildman–Crippen MR) is 124 cm³/mol. The van der Waals surface area contributed by atoms with Crippen LogP contribution in [0.2, 0.25) is 0 Å². The second kappa shape index (κ2) is 8.41. The molecule has 2 aromatic carbocycles. The summed E-state index contributed by atoms with van der Waals surface area (Å²) in [4.78, 5) is 33.1. The zero-order chi connectivity index (χ0) is 21.2. The number of carbonyl (C=O) groups excluding carboxylic acids is 2. The van der Waals surface area contributed by atoms with Gasteiger partial charge in [-0.1, -0.05) is 36.4 Å². The minimum atomic E-state index is -0.140. The molecule has 0 spiro atoms. The molecular weight excluding hydrogens is 428 g/mol. The lowest BCUT2D eigenvalue weighted by Crippen LogP contribution is -2.18. The predicted octanol–water partition coefficient (Wildman–Crippen LogP) is 5.00. The van der Waals surface area contributed by atoms with Crippen molar-refractivity contribution >= 4 is 45.3 Å². The number of carbonyl (C=O) groups is 2. The van der Waals surface area contributed by atoms with Crippen LogP contribution < -0.4 is 10.6 Å². The van der Waals surface area contributed by atoms with Crippen LogP contribution >= 0.6 is 22.7 Å². The number of anilines is 2. The fourth-order valence-corrected chi connectivity index (χ4v) is 5.00. The van der Waals surface area contributed by atoms with Gasteiger partial charge in [0.15, 0.2) is 5.13 Å². The number of nitrogens with one attached hydrogen (secondary N) is 2. The lowest BCUT2D eigenvalue weighted by molar-refractivity contribution is -0.116. The second-order valence-corrected chi connectivity index (χ2v) is 8.91. The van der Waals surface area contributed by atoms with Gasteiger partial charge in [0.05, 0.1) is 17.8 Å². The van der Waals surface area contributed by atoms with Crippen molar-refractivity contribution in [2.75, 3.05) is 10.6 Å². The van der Waals surface area contributed by atoms with Crippen molar-refractivity contribution < 1.29 is 9.59 Å². The summed E-state index contributed by atoms with van der Waals surface area (Å²) in [6, 6.07) is 15.8. The molecule has 6 nitrogen and oxygen atoms in total. The molecule has 2 amide bonds. The van der Waals surface area contributed by atoms with Gasteiger partial charge in [-0.25, -0.2) is 9.97 Å². The van der Waals surface area contributed by atoms with E-state index < -0.39 is 0 Å². The van der Waals surface area contributed by atoms with Crippen molar-refractivity contribution in [2.45, 2.75) is 19.3 Å². The van der Waals surface area contributed by atoms with Gasteiger partial charge in [-0.05, 0) is 24.1 Å². The first-order valence-corrected chi connectivity index (χ1v) is 11.6. The third kappa shape index (κ3) is 4.40. The highest BCUT2D eigenvalue weighted by Gasteiger charge is 2.16. The van der Waals surface area contributed by atoms with E-state index in [-0.39, 0.29) is 18.2 Å². The molecule has 1 aliphatic rings. The summed E-state index contributed by atoms with van der Waals surface area (Å²) >= 11 is 2.93. The van der Waals surface area contributed by atoms with Crippen LogP contribution in [0.3, 0.4) is 0 Å². The Balaban J connectivity index is 1.24. The van der Waals surface area contributed by atoms with Gasteiger partial charge in [-0.3, -0.25) is 9.59 Å². The molecule has 4 aromatic rings. The van der Waals surface area contributed by atoms with Gasteiger partial charge in [-0.2, -0.15) is 0 Å².